The maximum atomic E-state index is 3.51. The van der Waals surface area contributed by atoms with Gasteiger partial charge in [0.15, 0.2) is 0 Å². The average molecular weight is 153 g/mol. The maximum absolute atomic E-state index is 3.51. The van der Waals surface area contributed by atoms with Crippen molar-refractivity contribution in [2.75, 3.05) is 13.1 Å². The van der Waals surface area contributed by atoms with Crippen LogP contribution in [0.1, 0.15) is 38.5 Å². The molecule has 0 aromatic carbocycles. The van der Waals surface area contributed by atoms with Crippen LogP contribution in [0.4, 0.5) is 0 Å². The van der Waals surface area contributed by atoms with Crippen LogP contribution in [0.3, 0.4) is 0 Å². The molecular weight excluding hydrogens is 134 g/mol. The van der Waals surface area contributed by atoms with E-state index in [-0.39, 0.29) is 0 Å². The number of hydrogen-bond donors (Lipinski definition) is 1. The lowest BCUT2D eigenvalue weighted by Gasteiger charge is -2.27. The Morgan fingerprint density at radius 1 is 0.818 bits per heavy atom. The lowest BCUT2D eigenvalue weighted by Crippen LogP contribution is -2.33. The van der Waals surface area contributed by atoms with Crippen molar-refractivity contribution in [1.29, 1.82) is 0 Å². The highest BCUT2D eigenvalue weighted by atomic mass is 14.9. The normalized spacial score (nSPS) is 34.4. The van der Waals surface area contributed by atoms with Gasteiger partial charge in [0.25, 0.3) is 0 Å². The lowest BCUT2D eigenvalue weighted by atomic mass is 9.85. The Labute approximate surface area is 69.6 Å². The van der Waals surface area contributed by atoms with Gasteiger partial charge in [-0.05, 0) is 37.8 Å². The average Bonchev–Trinajstić information content (AvgIpc) is 2.58. The summed E-state index contributed by atoms with van der Waals surface area (Å²) in [6, 6.07) is 0. The minimum atomic E-state index is 1.03. The summed E-state index contributed by atoms with van der Waals surface area (Å²) in [7, 11) is 0. The Morgan fingerprint density at radius 3 is 2.18 bits per heavy atom. The van der Waals surface area contributed by atoms with Crippen molar-refractivity contribution in [2.24, 2.45) is 11.8 Å². The Bertz CT molecular complexity index is 110. The molecule has 0 radical (unpaired) electrons. The van der Waals surface area contributed by atoms with E-state index in [0.29, 0.717) is 0 Å². The van der Waals surface area contributed by atoms with E-state index in [1.165, 1.54) is 51.6 Å². The zero-order chi connectivity index (χ0) is 7.52. The van der Waals surface area contributed by atoms with Crippen molar-refractivity contribution in [3.8, 4) is 0 Å². The summed E-state index contributed by atoms with van der Waals surface area (Å²) in [5, 5.41) is 3.51. The van der Waals surface area contributed by atoms with Gasteiger partial charge in [0, 0.05) is 0 Å². The standard InChI is InChI=1S/C10H19N/c1-2-5-9(4-1)10-6-3-7-11-8-10/h9-11H,1-8H2. The third-order valence-corrected chi connectivity index (χ3v) is 3.40. The second-order valence-electron chi connectivity index (χ2n) is 4.15. The molecule has 1 heteroatoms. The van der Waals surface area contributed by atoms with Gasteiger partial charge in [0.2, 0.25) is 0 Å². The van der Waals surface area contributed by atoms with E-state index in [0.717, 1.165) is 11.8 Å². The van der Waals surface area contributed by atoms with Crippen LogP contribution in [-0.4, -0.2) is 13.1 Å². The smallest absolute Gasteiger partial charge is 0.00179 e. The molecular formula is C10H19N. The van der Waals surface area contributed by atoms with Crippen LogP contribution in [0.5, 0.6) is 0 Å². The summed E-state index contributed by atoms with van der Waals surface area (Å²) >= 11 is 0. The Morgan fingerprint density at radius 2 is 1.55 bits per heavy atom. The van der Waals surface area contributed by atoms with Crippen LogP contribution >= 0.6 is 0 Å². The van der Waals surface area contributed by atoms with Gasteiger partial charge in [-0.25, -0.2) is 0 Å². The minimum absolute atomic E-state index is 1.03. The highest BCUT2D eigenvalue weighted by molar-refractivity contribution is 4.79. The first kappa shape index (κ1) is 7.60. The van der Waals surface area contributed by atoms with Crippen LogP contribution in [0.15, 0.2) is 0 Å². The highest BCUT2D eigenvalue weighted by Gasteiger charge is 2.25. The zero-order valence-electron chi connectivity index (χ0n) is 7.31. The molecule has 1 nitrogen and oxygen atoms in total. The molecule has 1 heterocycles. The predicted octanol–water partition coefficient (Wildman–Crippen LogP) is 2.18. The molecule has 0 amide bonds. The molecule has 0 aromatic heterocycles. The van der Waals surface area contributed by atoms with E-state index in [1.807, 2.05) is 0 Å². The van der Waals surface area contributed by atoms with Crippen molar-refractivity contribution >= 4 is 0 Å². The lowest BCUT2D eigenvalue weighted by molar-refractivity contribution is 0.268. The third-order valence-electron chi connectivity index (χ3n) is 3.40. The summed E-state index contributed by atoms with van der Waals surface area (Å²) in [5.74, 6) is 2.12. The molecule has 1 aliphatic carbocycles. The van der Waals surface area contributed by atoms with Crippen LogP contribution in [0.2, 0.25) is 0 Å². The topological polar surface area (TPSA) is 12.0 Å². The molecule has 0 spiro atoms. The van der Waals surface area contributed by atoms with Gasteiger partial charge >= 0.3 is 0 Å². The second kappa shape index (κ2) is 3.57. The molecule has 1 atom stereocenters. The largest absolute Gasteiger partial charge is 0.316 e. The Balaban J connectivity index is 1.82. The van der Waals surface area contributed by atoms with Crippen LogP contribution < -0.4 is 5.32 Å². The second-order valence-corrected chi connectivity index (χ2v) is 4.15. The SMILES string of the molecule is C1CCC(C2CCCNC2)C1. The quantitative estimate of drug-likeness (QED) is 0.609. The third kappa shape index (κ3) is 1.76. The van der Waals surface area contributed by atoms with E-state index < -0.39 is 0 Å². The van der Waals surface area contributed by atoms with E-state index in [1.54, 1.807) is 0 Å². The Hall–Kier alpha value is -0.0400. The highest BCUT2D eigenvalue weighted by Crippen LogP contribution is 2.34. The summed E-state index contributed by atoms with van der Waals surface area (Å²) in [6.45, 7) is 2.58. The Kier molecular flexibility index (Phi) is 2.47. The number of piperidine rings is 1. The van der Waals surface area contributed by atoms with Gasteiger partial charge in [-0.1, -0.05) is 25.7 Å². The van der Waals surface area contributed by atoms with Crippen molar-refractivity contribution in [3.05, 3.63) is 0 Å². The number of nitrogens with one attached hydrogen (secondary N) is 1. The van der Waals surface area contributed by atoms with Crippen molar-refractivity contribution < 1.29 is 0 Å². The molecule has 1 unspecified atom stereocenters. The number of hydrogen-bond acceptors (Lipinski definition) is 1. The molecule has 1 saturated carbocycles. The van der Waals surface area contributed by atoms with Crippen LogP contribution in [0, 0.1) is 11.8 Å². The first-order valence-corrected chi connectivity index (χ1v) is 5.17. The van der Waals surface area contributed by atoms with Crippen LogP contribution in [-0.2, 0) is 0 Å². The van der Waals surface area contributed by atoms with E-state index >= 15 is 0 Å². The number of rotatable bonds is 1. The molecule has 0 bridgehead atoms. The van der Waals surface area contributed by atoms with E-state index in [2.05, 4.69) is 5.32 Å². The molecule has 2 fully saturated rings. The molecule has 11 heavy (non-hydrogen) atoms. The fourth-order valence-corrected chi connectivity index (χ4v) is 2.71. The molecule has 0 aromatic rings. The molecule has 64 valence electrons. The van der Waals surface area contributed by atoms with E-state index in [4.69, 9.17) is 0 Å². The fourth-order valence-electron chi connectivity index (χ4n) is 2.71. The molecule has 1 aliphatic heterocycles. The predicted molar refractivity (Wildman–Crippen MR) is 47.6 cm³/mol. The van der Waals surface area contributed by atoms with Crippen molar-refractivity contribution in [3.63, 3.8) is 0 Å². The molecule has 1 saturated heterocycles. The van der Waals surface area contributed by atoms with Crippen molar-refractivity contribution in [2.45, 2.75) is 38.5 Å². The van der Waals surface area contributed by atoms with Gasteiger partial charge in [-0.15, -0.1) is 0 Å². The van der Waals surface area contributed by atoms with E-state index in [9.17, 15) is 0 Å². The summed E-state index contributed by atoms with van der Waals surface area (Å²) in [4.78, 5) is 0. The molecule has 2 rings (SSSR count). The minimum Gasteiger partial charge on any atom is -0.316 e. The molecule has 1 N–H and O–H groups in total. The zero-order valence-corrected chi connectivity index (χ0v) is 7.31. The van der Waals surface area contributed by atoms with Gasteiger partial charge < -0.3 is 5.32 Å². The van der Waals surface area contributed by atoms with Gasteiger partial charge in [0.1, 0.15) is 0 Å². The summed E-state index contributed by atoms with van der Waals surface area (Å²) in [6.07, 6.45) is 8.96. The van der Waals surface area contributed by atoms with Crippen LogP contribution in [0.25, 0.3) is 0 Å². The summed E-state index contributed by atoms with van der Waals surface area (Å²) < 4.78 is 0. The summed E-state index contributed by atoms with van der Waals surface area (Å²) in [5.41, 5.74) is 0. The van der Waals surface area contributed by atoms with Crippen molar-refractivity contribution in [1.82, 2.24) is 5.32 Å². The maximum Gasteiger partial charge on any atom is -0.00179 e. The van der Waals surface area contributed by atoms with Gasteiger partial charge in [0.05, 0.1) is 0 Å². The fraction of sp³-hybridized carbons (Fsp3) is 1.00. The first-order chi connectivity index (χ1) is 5.47. The molecule has 2 aliphatic rings. The monoisotopic (exact) mass is 153 g/mol. The van der Waals surface area contributed by atoms with Gasteiger partial charge in [-0.2, -0.15) is 0 Å². The van der Waals surface area contributed by atoms with Gasteiger partial charge in [-0.3, -0.25) is 0 Å². The first-order valence-electron chi connectivity index (χ1n) is 5.17.